The molecule has 1 aliphatic rings. The molecule has 3 amide bonds. The fourth-order valence-corrected chi connectivity index (χ4v) is 3.72. The van der Waals surface area contributed by atoms with Gasteiger partial charge in [0.25, 0.3) is 11.8 Å². The van der Waals surface area contributed by atoms with E-state index in [9.17, 15) is 14.4 Å². The highest BCUT2D eigenvalue weighted by atomic mass is 16.5. The minimum Gasteiger partial charge on any atom is -0.493 e. The first-order valence-electron chi connectivity index (χ1n) is 11.4. The van der Waals surface area contributed by atoms with Crippen molar-refractivity contribution >= 4 is 34.8 Å². The van der Waals surface area contributed by atoms with E-state index in [1.54, 1.807) is 60.7 Å². The maximum absolute atomic E-state index is 13.1. The lowest BCUT2D eigenvalue weighted by Gasteiger charge is -2.29. The summed E-state index contributed by atoms with van der Waals surface area (Å²) in [5.74, 6) is 0.213. The summed E-state index contributed by atoms with van der Waals surface area (Å²) < 4.78 is 11.1. The Kier molecular flexibility index (Phi) is 7.30. The molecule has 8 heteroatoms. The first kappa shape index (κ1) is 23.8. The Morgan fingerprint density at radius 1 is 1.00 bits per heavy atom. The number of para-hydroxylation sites is 2. The predicted octanol–water partition coefficient (Wildman–Crippen LogP) is 4.73. The molecule has 8 nitrogen and oxygen atoms in total. The van der Waals surface area contributed by atoms with Gasteiger partial charge in [0, 0.05) is 16.8 Å². The highest BCUT2D eigenvalue weighted by Crippen LogP contribution is 2.31. The van der Waals surface area contributed by atoms with Crippen LogP contribution in [0.25, 0.3) is 0 Å². The van der Waals surface area contributed by atoms with Gasteiger partial charge in [-0.05, 0) is 61.0 Å². The number of methoxy groups -OCH3 is 1. The van der Waals surface area contributed by atoms with Crippen LogP contribution < -0.4 is 25.0 Å². The number of nitrogens with zero attached hydrogens (tertiary/aromatic N) is 1. The van der Waals surface area contributed by atoms with Crippen LogP contribution in [-0.4, -0.2) is 38.0 Å². The first-order valence-corrected chi connectivity index (χ1v) is 11.4. The van der Waals surface area contributed by atoms with Crippen LogP contribution in [0.4, 0.5) is 17.1 Å². The minimum absolute atomic E-state index is 0.0612. The number of nitrogens with one attached hydrogen (secondary N) is 2. The van der Waals surface area contributed by atoms with Crippen LogP contribution in [0.1, 0.15) is 40.5 Å². The zero-order valence-corrected chi connectivity index (χ0v) is 19.7. The van der Waals surface area contributed by atoms with E-state index in [4.69, 9.17) is 9.47 Å². The van der Waals surface area contributed by atoms with Gasteiger partial charge in [0.2, 0.25) is 5.91 Å². The molecule has 0 saturated heterocycles. The maximum Gasteiger partial charge on any atom is 0.258 e. The van der Waals surface area contributed by atoms with E-state index < -0.39 is 0 Å². The second-order valence-corrected chi connectivity index (χ2v) is 8.06. The number of benzene rings is 3. The molecule has 4 rings (SSSR count). The maximum atomic E-state index is 13.1. The molecule has 180 valence electrons. The van der Waals surface area contributed by atoms with Crippen LogP contribution in [0.2, 0.25) is 0 Å². The van der Waals surface area contributed by atoms with Crippen LogP contribution in [0.3, 0.4) is 0 Å². The van der Waals surface area contributed by atoms with Crippen molar-refractivity contribution in [1.82, 2.24) is 0 Å². The molecule has 0 spiro atoms. The molecular weight excluding hydrogens is 446 g/mol. The average molecular weight is 474 g/mol. The summed E-state index contributed by atoms with van der Waals surface area (Å²) in [4.78, 5) is 39.3. The molecular formula is C27H27N3O5. The monoisotopic (exact) mass is 473 g/mol. The van der Waals surface area contributed by atoms with Crippen molar-refractivity contribution in [1.29, 1.82) is 0 Å². The summed E-state index contributed by atoms with van der Waals surface area (Å²) in [7, 11) is 1.53. The molecule has 0 unspecified atom stereocenters. The van der Waals surface area contributed by atoms with E-state index in [0.29, 0.717) is 46.3 Å². The van der Waals surface area contributed by atoms with Crippen molar-refractivity contribution in [2.45, 2.75) is 19.8 Å². The number of carbonyl (C=O) groups excluding carboxylic acids is 3. The van der Waals surface area contributed by atoms with Gasteiger partial charge in [-0.25, -0.2) is 0 Å². The van der Waals surface area contributed by atoms with Gasteiger partial charge >= 0.3 is 0 Å². The van der Waals surface area contributed by atoms with E-state index in [1.165, 1.54) is 12.0 Å². The van der Waals surface area contributed by atoms with Crippen molar-refractivity contribution in [2.75, 3.05) is 35.8 Å². The Hall–Kier alpha value is -4.33. The molecule has 0 radical (unpaired) electrons. The van der Waals surface area contributed by atoms with Gasteiger partial charge in [-0.2, -0.15) is 0 Å². The van der Waals surface area contributed by atoms with E-state index in [1.807, 2.05) is 6.07 Å². The molecule has 1 aliphatic heterocycles. The Morgan fingerprint density at radius 2 is 1.74 bits per heavy atom. The Bertz CT molecular complexity index is 1240. The fourth-order valence-electron chi connectivity index (χ4n) is 3.72. The minimum atomic E-state index is -0.316. The lowest BCUT2D eigenvalue weighted by molar-refractivity contribution is -0.115. The molecule has 0 aromatic heterocycles. The first-order chi connectivity index (χ1) is 17.0. The molecule has 1 heterocycles. The second kappa shape index (κ2) is 10.7. The number of ether oxygens (including phenoxy) is 2. The third-order valence-corrected chi connectivity index (χ3v) is 5.59. The molecule has 0 fully saturated rings. The zero-order chi connectivity index (χ0) is 24.8. The third-order valence-electron chi connectivity index (χ3n) is 5.59. The summed E-state index contributed by atoms with van der Waals surface area (Å²) >= 11 is 0. The lowest BCUT2D eigenvalue weighted by Crippen LogP contribution is -2.42. The summed E-state index contributed by atoms with van der Waals surface area (Å²) in [5.41, 5.74) is 2.60. The number of hydrogen-bond donors (Lipinski definition) is 2. The number of unbranched alkanes of at least 4 members (excludes halogenated alkanes) is 1. The van der Waals surface area contributed by atoms with Crippen molar-refractivity contribution < 1.29 is 23.9 Å². The summed E-state index contributed by atoms with van der Waals surface area (Å²) in [6.45, 7) is 2.60. The quantitative estimate of drug-likeness (QED) is 0.461. The van der Waals surface area contributed by atoms with Gasteiger partial charge in [-0.3, -0.25) is 19.3 Å². The number of anilines is 3. The Balaban J connectivity index is 1.45. The van der Waals surface area contributed by atoms with E-state index in [-0.39, 0.29) is 24.3 Å². The average Bonchev–Trinajstić information content (AvgIpc) is 2.88. The second-order valence-electron chi connectivity index (χ2n) is 8.06. The third kappa shape index (κ3) is 5.43. The molecule has 35 heavy (non-hydrogen) atoms. The summed E-state index contributed by atoms with van der Waals surface area (Å²) in [6, 6.07) is 18.7. The highest BCUT2D eigenvalue weighted by molar-refractivity contribution is 6.15. The standard InChI is InChI=1S/C27H27N3O5/c1-3-4-15-35-23-14-11-19(16-24(23)34-2)26(32)28-20-12-9-18(10-13-20)27(33)30-17-25(31)29-21-7-5-6-8-22(21)30/h5-14,16H,3-4,15,17H2,1-2H3,(H,28,32)(H,29,31). The lowest BCUT2D eigenvalue weighted by atomic mass is 10.1. The van der Waals surface area contributed by atoms with Gasteiger partial charge < -0.3 is 20.1 Å². The molecule has 0 aliphatic carbocycles. The molecule has 3 aromatic rings. The fraction of sp³-hybridized carbons (Fsp3) is 0.222. The van der Waals surface area contributed by atoms with Gasteiger partial charge in [-0.1, -0.05) is 25.5 Å². The van der Waals surface area contributed by atoms with Crippen LogP contribution in [-0.2, 0) is 4.79 Å². The van der Waals surface area contributed by atoms with Crippen LogP contribution >= 0.6 is 0 Å². The van der Waals surface area contributed by atoms with E-state index in [2.05, 4.69) is 17.6 Å². The normalized spacial score (nSPS) is 12.4. The Morgan fingerprint density at radius 3 is 2.49 bits per heavy atom. The number of rotatable bonds is 8. The molecule has 3 aromatic carbocycles. The molecule has 0 atom stereocenters. The topological polar surface area (TPSA) is 97.0 Å². The van der Waals surface area contributed by atoms with Crippen LogP contribution in [0, 0.1) is 0 Å². The van der Waals surface area contributed by atoms with Crippen LogP contribution in [0.5, 0.6) is 11.5 Å². The van der Waals surface area contributed by atoms with Crippen molar-refractivity contribution in [3.63, 3.8) is 0 Å². The highest BCUT2D eigenvalue weighted by Gasteiger charge is 2.27. The van der Waals surface area contributed by atoms with Gasteiger partial charge in [-0.15, -0.1) is 0 Å². The number of carbonyl (C=O) groups is 3. The van der Waals surface area contributed by atoms with Gasteiger partial charge in [0.05, 0.1) is 25.1 Å². The SMILES string of the molecule is CCCCOc1ccc(C(=O)Nc2ccc(C(=O)N3CC(=O)Nc4ccccc43)cc2)cc1OC. The Labute approximate surface area is 203 Å². The number of fused-ring (bicyclic) bond motifs is 1. The van der Waals surface area contributed by atoms with Gasteiger partial charge in [0.15, 0.2) is 11.5 Å². The van der Waals surface area contributed by atoms with Crippen LogP contribution in [0.15, 0.2) is 66.7 Å². The summed E-state index contributed by atoms with van der Waals surface area (Å²) in [6.07, 6.45) is 1.95. The van der Waals surface area contributed by atoms with E-state index in [0.717, 1.165) is 12.8 Å². The van der Waals surface area contributed by atoms with Crippen molar-refractivity contribution in [3.8, 4) is 11.5 Å². The molecule has 0 bridgehead atoms. The van der Waals surface area contributed by atoms with Crippen molar-refractivity contribution in [3.05, 3.63) is 77.9 Å². The van der Waals surface area contributed by atoms with Gasteiger partial charge in [0.1, 0.15) is 6.54 Å². The number of hydrogen-bond acceptors (Lipinski definition) is 5. The number of amides is 3. The zero-order valence-electron chi connectivity index (χ0n) is 19.7. The van der Waals surface area contributed by atoms with Crippen molar-refractivity contribution in [2.24, 2.45) is 0 Å². The largest absolute Gasteiger partial charge is 0.493 e. The molecule has 0 saturated carbocycles. The predicted molar refractivity (Wildman–Crippen MR) is 135 cm³/mol. The van der Waals surface area contributed by atoms with E-state index >= 15 is 0 Å². The molecule has 2 N–H and O–H groups in total. The summed E-state index contributed by atoms with van der Waals surface area (Å²) in [5, 5.41) is 5.59. The smallest absolute Gasteiger partial charge is 0.258 e.